The third kappa shape index (κ3) is 6.45. The average molecular weight is 507 g/mol. The van der Waals surface area contributed by atoms with E-state index >= 15 is 8.78 Å². The molecule has 0 bridgehead atoms. The van der Waals surface area contributed by atoms with E-state index in [1.165, 1.54) is 6.07 Å². The van der Waals surface area contributed by atoms with Crippen LogP contribution in [0.2, 0.25) is 0 Å². The molecular formula is C31H29F3O3. The molecule has 0 atom stereocenters. The molecule has 0 saturated carbocycles. The topological polar surface area (TPSA) is 27.7 Å². The third-order valence-corrected chi connectivity index (χ3v) is 5.88. The molecule has 0 aromatic heterocycles. The first kappa shape index (κ1) is 26.1. The molecule has 0 unspecified atom stereocenters. The minimum Gasteiger partial charge on any atom is -0.494 e. The van der Waals surface area contributed by atoms with Crippen LogP contribution in [0.1, 0.15) is 32.3 Å². The Balaban J connectivity index is 1.43. The third-order valence-electron chi connectivity index (χ3n) is 5.88. The molecule has 0 spiro atoms. The van der Waals surface area contributed by atoms with Crippen molar-refractivity contribution in [3.63, 3.8) is 0 Å². The lowest BCUT2D eigenvalue weighted by atomic mass is 9.98. The molecular weight excluding hydrogens is 477 g/mol. The Morgan fingerprint density at radius 2 is 1.19 bits per heavy atom. The standard InChI is InChI=1S/C31H29F3O3/c1-3-5-18-36-24-11-7-22(8-12-24)26-15-16-27(31(34)30(26)33)23-9-13-25(14-10-23)37-20-21-6-17-29(35-4-2)28(32)19-21/h6-17,19H,3-5,18,20H2,1-2H3. The Labute approximate surface area is 215 Å². The summed E-state index contributed by atoms with van der Waals surface area (Å²) in [5.74, 6) is -0.851. The van der Waals surface area contributed by atoms with Gasteiger partial charge in [-0.3, -0.25) is 0 Å². The van der Waals surface area contributed by atoms with Crippen molar-refractivity contribution in [2.45, 2.75) is 33.3 Å². The maximum atomic E-state index is 15.0. The molecule has 0 aliphatic rings. The molecule has 4 rings (SSSR count). The van der Waals surface area contributed by atoms with Crippen LogP contribution in [0.5, 0.6) is 17.2 Å². The second kappa shape index (κ2) is 12.3. The zero-order chi connectivity index (χ0) is 26.2. The Bertz CT molecular complexity index is 1320. The van der Waals surface area contributed by atoms with Gasteiger partial charge >= 0.3 is 0 Å². The van der Waals surface area contributed by atoms with Crippen molar-refractivity contribution in [2.24, 2.45) is 0 Å². The molecule has 37 heavy (non-hydrogen) atoms. The number of hydrogen-bond donors (Lipinski definition) is 0. The molecule has 4 aromatic rings. The van der Waals surface area contributed by atoms with Gasteiger partial charge in [-0.05, 0) is 66.4 Å². The Kier molecular flexibility index (Phi) is 8.72. The van der Waals surface area contributed by atoms with Gasteiger partial charge in [-0.1, -0.05) is 55.8 Å². The molecule has 0 fully saturated rings. The van der Waals surface area contributed by atoms with Crippen molar-refractivity contribution in [1.82, 2.24) is 0 Å². The first-order valence-electron chi connectivity index (χ1n) is 12.4. The van der Waals surface area contributed by atoms with Crippen LogP contribution in [0.25, 0.3) is 22.3 Å². The highest BCUT2D eigenvalue weighted by Crippen LogP contribution is 2.33. The molecule has 3 nitrogen and oxygen atoms in total. The van der Waals surface area contributed by atoms with Gasteiger partial charge in [0.05, 0.1) is 13.2 Å². The van der Waals surface area contributed by atoms with Gasteiger partial charge in [-0.15, -0.1) is 0 Å². The normalized spacial score (nSPS) is 10.8. The Morgan fingerprint density at radius 1 is 0.622 bits per heavy atom. The number of rotatable bonds is 11. The summed E-state index contributed by atoms with van der Waals surface area (Å²) in [5, 5.41) is 0. The zero-order valence-corrected chi connectivity index (χ0v) is 20.9. The van der Waals surface area contributed by atoms with E-state index in [0.29, 0.717) is 41.4 Å². The molecule has 0 radical (unpaired) electrons. The molecule has 0 aliphatic heterocycles. The van der Waals surface area contributed by atoms with Gasteiger partial charge < -0.3 is 14.2 Å². The predicted octanol–water partition coefficient (Wildman–Crippen LogP) is 8.59. The van der Waals surface area contributed by atoms with Crippen LogP contribution in [0.4, 0.5) is 13.2 Å². The molecule has 4 aromatic carbocycles. The van der Waals surface area contributed by atoms with E-state index in [0.717, 1.165) is 12.8 Å². The Hall–Kier alpha value is -3.93. The van der Waals surface area contributed by atoms with E-state index in [-0.39, 0.29) is 23.5 Å². The summed E-state index contributed by atoms with van der Waals surface area (Å²) in [4.78, 5) is 0. The molecule has 0 saturated heterocycles. The van der Waals surface area contributed by atoms with Crippen LogP contribution in [0.15, 0.2) is 78.9 Å². The fourth-order valence-electron chi connectivity index (χ4n) is 3.86. The largest absolute Gasteiger partial charge is 0.494 e. The lowest BCUT2D eigenvalue weighted by molar-refractivity contribution is 0.302. The minimum absolute atomic E-state index is 0.154. The summed E-state index contributed by atoms with van der Waals surface area (Å²) in [6.07, 6.45) is 1.99. The average Bonchev–Trinajstić information content (AvgIpc) is 2.91. The molecule has 0 amide bonds. The summed E-state index contributed by atoms with van der Waals surface area (Å²) < 4.78 is 60.6. The first-order chi connectivity index (χ1) is 18.0. The highest BCUT2D eigenvalue weighted by Gasteiger charge is 2.16. The number of halogens is 3. The van der Waals surface area contributed by atoms with Gasteiger partial charge in [0.25, 0.3) is 0 Å². The molecule has 6 heteroatoms. The number of benzene rings is 4. The molecule has 192 valence electrons. The summed E-state index contributed by atoms with van der Waals surface area (Å²) in [5.41, 5.74) is 2.07. The summed E-state index contributed by atoms with van der Waals surface area (Å²) >= 11 is 0. The van der Waals surface area contributed by atoms with E-state index in [1.807, 2.05) is 0 Å². The van der Waals surface area contributed by atoms with E-state index in [9.17, 15) is 4.39 Å². The van der Waals surface area contributed by atoms with Crippen LogP contribution in [0, 0.1) is 17.5 Å². The van der Waals surface area contributed by atoms with Crippen molar-refractivity contribution in [3.05, 3.63) is 102 Å². The van der Waals surface area contributed by atoms with Crippen molar-refractivity contribution in [2.75, 3.05) is 13.2 Å². The fourth-order valence-corrected chi connectivity index (χ4v) is 3.86. The van der Waals surface area contributed by atoms with Gasteiger partial charge in [-0.25, -0.2) is 13.2 Å². The smallest absolute Gasteiger partial charge is 0.167 e. The number of ether oxygens (including phenoxy) is 3. The second-order valence-electron chi connectivity index (χ2n) is 8.53. The lowest BCUT2D eigenvalue weighted by Gasteiger charge is -2.12. The van der Waals surface area contributed by atoms with Crippen LogP contribution >= 0.6 is 0 Å². The zero-order valence-electron chi connectivity index (χ0n) is 20.9. The van der Waals surface area contributed by atoms with Crippen molar-refractivity contribution in [3.8, 4) is 39.5 Å². The molecule has 0 heterocycles. The SMILES string of the molecule is CCCCOc1ccc(-c2ccc(-c3ccc(OCc4ccc(OCC)c(F)c4)cc3)c(F)c2F)cc1. The maximum Gasteiger partial charge on any atom is 0.167 e. The van der Waals surface area contributed by atoms with Gasteiger partial charge in [0.15, 0.2) is 23.2 Å². The van der Waals surface area contributed by atoms with E-state index in [2.05, 4.69) is 6.92 Å². The maximum absolute atomic E-state index is 15.0. The lowest BCUT2D eigenvalue weighted by Crippen LogP contribution is -1.99. The second-order valence-corrected chi connectivity index (χ2v) is 8.53. The Morgan fingerprint density at radius 3 is 1.70 bits per heavy atom. The van der Waals surface area contributed by atoms with Gasteiger partial charge in [0.1, 0.15) is 18.1 Å². The minimum atomic E-state index is -0.917. The number of hydrogen-bond acceptors (Lipinski definition) is 3. The first-order valence-corrected chi connectivity index (χ1v) is 12.4. The van der Waals surface area contributed by atoms with E-state index in [1.54, 1.807) is 79.7 Å². The highest BCUT2D eigenvalue weighted by atomic mass is 19.2. The highest BCUT2D eigenvalue weighted by molar-refractivity contribution is 5.72. The summed E-state index contributed by atoms with van der Waals surface area (Å²) in [6.45, 7) is 5.04. The molecule has 0 N–H and O–H groups in total. The predicted molar refractivity (Wildman–Crippen MR) is 140 cm³/mol. The summed E-state index contributed by atoms with van der Waals surface area (Å²) in [7, 11) is 0. The monoisotopic (exact) mass is 506 g/mol. The van der Waals surface area contributed by atoms with Crippen molar-refractivity contribution >= 4 is 0 Å². The van der Waals surface area contributed by atoms with Crippen LogP contribution in [-0.2, 0) is 6.61 Å². The van der Waals surface area contributed by atoms with E-state index in [4.69, 9.17) is 14.2 Å². The quantitative estimate of drug-likeness (QED) is 0.191. The van der Waals surface area contributed by atoms with Gasteiger partial charge in [0.2, 0.25) is 0 Å². The number of unbranched alkanes of at least 4 members (excludes halogenated alkanes) is 1. The van der Waals surface area contributed by atoms with Crippen molar-refractivity contribution < 1.29 is 27.4 Å². The van der Waals surface area contributed by atoms with Crippen LogP contribution < -0.4 is 14.2 Å². The van der Waals surface area contributed by atoms with Crippen molar-refractivity contribution in [1.29, 1.82) is 0 Å². The van der Waals surface area contributed by atoms with Gasteiger partial charge in [0, 0.05) is 11.1 Å². The van der Waals surface area contributed by atoms with E-state index < -0.39 is 17.5 Å². The summed E-state index contributed by atoms with van der Waals surface area (Å²) in [6, 6.07) is 21.4. The van der Waals surface area contributed by atoms with Gasteiger partial charge in [-0.2, -0.15) is 0 Å². The molecule has 0 aliphatic carbocycles. The van der Waals surface area contributed by atoms with Crippen LogP contribution in [-0.4, -0.2) is 13.2 Å². The van der Waals surface area contributed by atoms with Crippen LogP contribution in [0.3, 0.4) is 0 Å². The fraction of sp³-hybridized carbons (Fsp3) is 0.226.